The van der Waals surface area contributed by atoms with E-state index in [0.29, 0.717) is 18.7 Å². The summed E-state index contributed by atoms with van der Waals surface area (Å²) in [5.74, 6) is 0.585. The van der Waals surface area contributed by atoms with Crippen molar-refractivity contribution in [2.75, 3.05) is 13.2 Å². The van der Waals surface area contributed by atoms with Crippen molar-refractivity contribution in [3.8, 4) is 5.75 Å². The molecule has 2 aromatic rings. The summed E-state index contributed by atoms with van der Waals surface area (Å²) in [5, 5.41) is 2.73. The van der Waals surface area contributed by atoms with Gasteiger partial charge in [0.1, 0.15) is 18.7 Å². The van der Waals surface area contributed by atoms with Crippen LogP contribution in [0.3, 0.4) is 0 Å². The van der Waals surface area contributed by atoms with E-state index in [1.54, 1.807) is 0 Å². The lowest BCUT2D eigenvalue weighted by atomic mass is 10.3. The van der Waals surface area contributed by atoms with Gasteiger partial charge in [-0.2, -0.15) is 0 Å². The second-order valence-corrected chi connectivity index (χ2v) is 3.54. The first-order chi connectivity index (χ1) is 8.86. The lowest BCUT2D eigenvalue weighted by molar-refractivity contribution is 0.0946. The maximum atomic E-state index is 11.6. The first-order valence-electron chi connectivity index (χ1n) is 5.57. The summed E-state index contributed by atoms with van der Waals surface area (Å²) in [7, 11) is 0. The van der Waals surface area contributed by atoms with Gasteiger partial charge in [-0.25, -0.2) is 9.97 Å². The van der Waals surface area contributed by atoms with E-state index in [-0.39, 0.29) is 5.91 Å². The summed E-state index contributed by atoms with van der Waals surface area (Å²) in [6, 6.07) is 9.45. The zero-order chi connectivity index (χ0) is 12.6. The van der Waals surface area contributed by atoms with Gasteiger partial charge in [-0.15, -0.1) is 0 Å². The van der Waals surface area contributed by atoms with E-state index in [0.717, 1.165) is 5.75 Å². The number of ether oxygens (including phenoxy) is 1. The van der Waals surface area contributed by atoms with Gasteiger partial charge >= 0.3 is 0 Å². The summed E-state index contributed by atoms with van der Waals surface area (Å²) < 4.78 is 5.45. The number of nitrogens with one attached hydrogen (secondary N) is 1. The van der Waals surface area contributed by atoms with Crippen LogP contribution in [0.5, 0.6) is 5.75 Å². The minimum absolute atomic E-state index is 0.202. The molecule has 0 spiro atoms. The van der Waals surface area contributed by atoms with E-state index in [2.05, 4.69) is 15.3 Å². The van der Waals surface area contributed by atoms with Gasteiger partial charge in [0.25, 0.3) is 5.91 Å². The standard InChI is InChI=1S/C13H13N3O2/c17-13(11-8-14-10-15-9-11)16-6-7-18-12-4-2-1-3-5-12/h1-5,8-10H,6-7H2,(H,16,17). The normalized spacial score (nSPS) is 9.78. The number of hydrogen-bond donors (Lipinski definition) is 1. The average Bonchev–Trinajstić information content (AvgIpc) is 2.45. The average molecular weight is 243 g/mol. The number of para-hydroxylation sites is 1. The number of nitrogens with zero attached hydrogens (tertiary/aromatic N) is 2. The number of rotatable bonds is 5. The molecule has 1 aromatic heterocycles. The molecule has 5 nitrogen and oxygen atoms in total. The molecule has 0 unspecified atom stereocenters. The number of hydrogen-bond acceptors (Lipinski definition) is 4. The van der Waals surface area contributed by atoms with Gasteiger partial charge in [0.05, 0.1) is 12.1 Å². The molecule has 0 saturated heterocycles. The van der Waals surface area contributed by atoms with Crippen LogP contribution in [0.15, 0.2) is 49.1 Å². The summed E-state index contributed by atoms with van der Waals surface area (Å²) >= 11 is 0. The summed E-state index contributed by atoms with van der Waals surface area (Å²) in [6.07, 6.45) is 4.33. The van der Waals surface area contributed by atoms with Crippen LogP contribution in [0.4, 0.5) is 0 Å². The Balaban J connectivity index is 1.72. The van der Waals surface area contributed by atoms with Crippen molar-refractivity contribution in [2.24, 2.45) is 0 Å². The Kier molecular flexibility index (Phi) is 4.24. The molecule has 0 atom stereocenters. The second kappa shape index (κ2) is 6.34. The fourth-order valence-electron chi connectivity index (χ4n) is 1.37. The smallest absolute Gasteiger partial charge is 0.254 e. The van der Waals surface area contributed by atoms with E-state index in [1.807, 2.05) is 30.3 Å². The molecule has 5 heteroatoms. The lowest BCUT2D eigenvalue weighted by Crippen LogP contribution is -2.28. The Morgan fingerprint density at radius 3 is 2.61 bits per heavy atom. The van der Waals surface area contributed by atoms with Gasteiger partial charge < -0.3 is 10.1 Å². The molecule has 18 heavy (non-hydrogen) atoms. The molecule has 0 saturated carbocycles. The highest BCUT2D eigenvalue weighted by atomic mass is 16.5. The van der Waals surface area contributed by atoms with Crippen LogP contribution in [0, 0.1) is 0 Å². The van der Waals surface area contributed by atoms with Crippen LogP contribution < -0.4 is 10.1 Å². The van der Waals surface area contributed by atoms with Crippen LogP contribution >= 0.6 is 0 Å². The van der Waals surface area contributed by atoms with E-state index in [1.165, 1.54) is 18.7 Å². The van der Waals surface area contributed by atoms with Gasteiger partial charge in [-0.3, -0.25) is 4.79 Å². The maximum Gasteiger partial charge on any atom is 0.254 e. The Morgan fingerprint density at radius 2 is 1.89 bits per heavy atom. The molecule has 1 heterocycles. The Morgan fingerprint density at radius 1 is 1.17 bits per heavy atom. The second-order valence-electron chi connectivity index (χ2n) is 3.54. The van der Waals surface area contributed by atoms with Crippen molar-refractivity contribution in [1.29, 1.82) is 0 Å². The SMILES string of the molecule is O=C(NCCOc1ccccc1)c1cncnc1. The molecule has 1 amide bonds. The Labute approximate surface area is 105 Å². The largest absolute Gasteiger partial charge is 0.492 e. The van der Waals surface area contributed by atoms with Crippen LogP contribution in [-0.2, 0) is 0 Å². The van der Waals surface area contributed by atoms with E-state index in [9.17, 15) is 4.79 Å². The number of carbonyl (C=O) groups excluding carboxylic acids is 1. The van der Waals surface area contributed by atoms with Gasteiger partial charge in [-0.05, 0) is 12.1 Å². The predicted octanol–water partition coefficient (Wildman–Crippen LogP) is 1.29. The monoisotopic (exact) mass is 243 g/mol. The maximum absolute atomic E-state index is 11.6. The minimum Gasteiger partial charge on any atom is -0.492 e. The highest BCUT2D eigenvalue weighted by Gasteiger charge is 2.04. The zero-order valence-corrected chi connectivity index (χ0v) is 9.74. The fourth-order valence-corrected chi connectivity index (χ4v) is 1.37. The molecule has 0 aliphatic rings. The summed E-state index contributed by atoms with van der Waals surface area (Å²) in [4.78, 5) is 19.2. The van der Waals surface area contributed by atoms with Crippen molar-refractivity contribution >= 4 is 5.91 Å². The predicted molar refractivity (Wildman–Crippen MR) is 66.3 cm³/mol. The summed E-state index contributed by atoms with van der Waals surface area (Å²) in [5.41, 5.74) is 0.442. The number of carbonyl (C=O) groups is 1. The van der Waals surface area contributed by atoms with Crippen molar-refractivity contribution in [2.45, 2.75) is 0 Å². The van der Waals surface area contributed by atoms with Crippen molar-refractivity contribution < 1.29 is 9.53 Å². The first-order valence-corrected chi connectivity index (χ1v) is 5.57. The molecular formula is C13H13N3O2. The van der Waals surface area contributed by atoms with E-state index < -0.39 is 0 Å². The van der Waals surface area contributed by atoms with Crippen LogP contribution in [-0.4, -0.2) is 29.0 Å². The Hall–Kier alpha value is -2.43. The highest BCUT2D eigenvalue weighted by molar-refractivity contribution is 5.93. The third kappa shape index (κ3) is 3.55. The fraction of sp³-hybridized carbons (Fsp3) is 0.154. The minimum atomic E-state index is -0.202. The number of amides is 1. The number of aromatic nitrogens is 2. The molecule has 0 bridgehead atoms. The molecule has 1 N–H and O–H groups in total. The molecule has 0 fully saturated rings. The first kappa shape index (κ1) is 12.0. The third-order valence-electron chi connectivity index (χ3n) is 2.22. The molecule has 1 aromatic carbocycles. The number of benzene rings is 1. The molecule has 92 valence electrons. The van der Waals surface area contributed by atoms with Crippen LogP contribution in [0.25, 0.3) is 0 Å². The van der Waals surface area contributed by atoms with Gasteiger partial charge in [-0.1, -0.05) is 18.2 Å². The van der Waals surface area contributed by atoms with Crippen LogP contribution in [0.2, 0.25) is 0 Å². The van der Waals surface area contributed by atoms with E-state index in [4.69, 9.17) is 4.74 Å². The van der Waals surface area contributed by atoms with E-state index >= 15 is 0 Å². The molecule has 0 radical (unpaired) electrons. The van der Waals surface area contributed by atoms with Crippen molar-refractivity contribution in [3.63, 3.8) is 0 Å². The third-order valence-corrected chi connectivity index (χ3v) is 2.22. The highest BCUT2D eigenvalue weighted by Crippen LogP contribution is 2.07. The van der Waals surface area contributed by atoms with Crippen molar-refractivity contribution in [3.05, 3.63) is 54.6 Å². The molecule has 2 rings (SSSR count). The van der Waals surface area contributed by atoms with Gasteiger partial charge in [0, 0.05) is 12.4 Å². The topological polar surface area (TPSA) is 64.1 Å². The molecule has 0 aliphatic carbocycles. The quantitative estimate of drug-likeness (QED) is 0.803. The lowest BCUT2D eigenvalue weighted by Gasteiger charge is -2.07. The van der Waals surface area contributed by atoms with Crippen molar-refractivity contribution in [1.82, 2.24) is 15.3 Å². The summed E-state index contributed by atoms with van der Waals surface area (Å²) in [6.45, 7) is 0.853. The molecular weight excluding hydrogens is 230 g/mol. The van der Waals surface area contributed by atoms with Gasteiger partial charge in [0.2, 0.25) is 0 Å². The van der Waals surface area contributed by atoms with Crippen LogP contribution in [0.1, 0.15) is 10.4 Å². The van der Waals surface area contributed by atoms with Gasteiger partial charge in [0.15, 0.2) is 0 Å². The molecule has 0 aliphatic heterocycles. The zero-order valence-electron chi connectivity index (χ0n) is 9.74. The Bertz CT molecular complexity index is 488.